The quantitative estimate of drug-likeness (QED) is 0.741. The van der Waals surface area contributed by atoms with E-state index in [1.54, 1.807) is 12.4 Å². The van der Waals surface area contributed by atoms with Crippen molar-refractivity contribution in [2.45, 2.75) is 0 Å². The van der Waals surface area contributed by atoms with Crippen molar-refractivity contribution in [1.82, 2.24) is 9.97 Å². The van der Waals surface area contributed by atoms with Gasteiger partial charge in [-0.1, -0.05) is 0 Å². The molecule has 2 heterocycles. The molecule has 2 aromatic heterocycles. The number of carbonyl (C=O) groups is 1. The highest BCUT2D eigenvalue weighted by Gasteiger charge is 2.09. The SMILES string of the molecule is O=C(O)CS(=O)(=O)O.c1cocn1.c1cocn1. The first-order valence-electron chi connectivity index (χ1n) is 4.23. The van der Waals surface area contributed by atoms with Crippen molar-refractivity contribution in [3.8, 4) is 0 Å². The van der Waals surface area contributed by atoms with E-state index in [9.17, 15) is 13.2 Å². The van der Waals surface area contributed by atoms with Gasteiger partial charge in [-0.3, -0.25) is 9.35 Å². The molecule has 0 bridgehead atoms. The predicted molar refractivity (Wildman–Crippen MR) is 57.1 cm³/mol. The Morgan fingerprint density at radius 1 is 1.11 bits per heavy atom. The summed E-state index contributed by atoms with van der Waals surface area (Å²) in [6, 6.07) is 0. The minimum Gasteiger partial charge on any atom is -0.480 e. The van der Waals surface area contributed by atoms with Crippen LogP contribution in [0.15, 0.2) is 46.5 Å². The molecule has 0 atom stereocenters. The third kappa shape index (κ3) is 13.8. The summed E-state index contributed by atoms with van der Waals surface area (Å²) in [5.41, 5.74) is 0. The highest BCUT2D eigenvalue weighted by atomic mass is 32.2. The van der Waals surface area contributed by atoms with Gasteiger partial charge in [0.15, 0.2) is 18.5 Å². The van der Waals surface area contributed by atoms with Gasteiger partial charge in [-0.2, -0.15) is 8.42 Å². The first-order chi connectivity index (χ1) is 8.42. The molecule has 0 spiro atoms. The van der Waals surface area contributed by atoms with Crippen LogP contribution in [0.4, 0.5) is 0 Å². The van der Waals surface area contributed by atoms with E-state index in [1.165, 1.54) is 25.3 Å². The number of oxazole rings is 2. The molecule has 2 rings (SSSR count). The van der Waals surface area contributed by atoms with Gasteiger partial charge in [0.25, 0.3) is 10.1 Å². The molecule has 10 heteroatoms. The number of nitrogens with zero attached hydrogens (tertiary/aromatic N) is 2. The molecule has 0 aliphatic carbocycles. The van der Waals surface area contributed by atoms with E-state index in [1.807, 2.05) is 0 Å². The fourth-order valence-corrected chi connectivity index (χ4v) is 0.819. The Morgan fingerprint density at radius 3 is 1.61 bits per heavy atom. The van der Waals surface area contributed by atoms with Crippen molar-refractivity contribution >= 4 is 16.1 Å². The molecule has 0 unspecified atom stereocenters. The van der Waals surface area contributed by atoms with Crippen LogP contribution in [0.5, 0.6) is 0 Å². The minimum absolute atomic E-state index is 1.23. The van der Waals surface area contributed by atoms with Gasteiger partial charge in [0.05, 0.1) is 12.4 Å². The standard InChI is InChI=1S/2C3H3NO.C2H4O5S/c2*1-2-5-3-4-1;3-2(4)1-8(5,6)7/h2*1-3H;1H2,(H,3,4)(H,5,6,7). The van der Waals surface area contributed by atoms with Gasteiger partial charge in [0.2, 0.25) is 0 Å². The third-order valence-electron chi connectivity index (χ3n) is 1.00. The van der Waals surface area contributed by atoms with Crippen LogP contribution in [0.3, 0.4) is 0 Å². The number of hydrogen-bond donors (Lipinski definition) is 2. The van der Waals surface area contributed by atoms with Gasteiger partial charge in [-0.15, -0.1) is 0 Å². The van der Waals surface area contributed by atoms with Crippen molar-refractivity contribution in [3.63, 3.8) is 0 Å². The zero-order valence-corrected chi connectivity index (χ0v) is 9.73. The first-order valence-corrected chi connectivity index (χ1v) is 5.84. The number of aromatic nitrogens is 2. The van der Waals surface area contributed by atoms with Gasteiger partial charge in [0, 0.05) is 0 Å². The van der Waals surface area contributed by atoms with Crippen molar-refractivity contribution < 1.29 is 31.7 Å². The third-order valence-corrected chi connectivity index (χ3v) is 1.61. The molecular formula is C8H10N2O7S. The van der Waals surface area contributed by atoms with Gasteiger partial charge in [0.1, 0.15) is 12.5 Å². The Labute approximate surface area is 102 Å². The van der Waals surface area contributed by atoms with Crippen LogP contribution in [-0.4, -0.2) is 39.8 Å². The molecule has 100 valence electrons. The number of rotatable bonds is 2. The van der Waals surface area contributed by atoms with E-state index in [-0.39, 0.29) is 0 Å². The number of carboxylic acid groups (broad SMARTS) is 1. The van der Waals surface area contributed by atoms with Crippen LogP contribution in [-0.2, 0) is 14.9 Å². The Morgan fingerprint density at radius 2 is 1.56 bits per heavy atom. The fraction of sp³-hybridized carbons (Fsp3) is 0.125. The lowest BCUT2D eigenvalue weighted by Gasteiger charge is -1.85. The Hall–Kier alpha value is -2.20. The second-order valence-electron chi connectivity index (χ2n) is 2.47. The highest BCUT2D eigenvalue weighted by Crippen LogP contribution is 1.78. The first kappa shape index (κ1) is 15.8. The monoisotopic (exact) mass is 278 g/mol. The second-order valence-corrected chi connectivity index (χ2v) is 3.92. The largest absolute Gasteiger partial charge is 0.480 e. The Balaban J connectivity index is 0.000000250. The maximum atomic E-state index is 9.62. The molecule has 18 heavy (non-hydrogen) atoms. The lowest BCUT2D eigenvalue weighted by molar-refractivity contribution is -0.134. The molecule has 0 saturated heterocycles. The summed E-state index contributed by atoms with van der Waals surface area (Å²) in [5.74, 6) is -2.79. The zero-order chi connectivity index (χ0) is 13.9. The van der Waals surface area contributed by atoms with Gasteiger partial charge >= 0.3 is 5.97 Å². The molecule has 2 N–H and O–H groups in total. The topological polar surface area (TPSA) is 144 Å². The van der Waals surface area contributed by atoms with Crippen molar-refractivity contribution in [3.05, 3.63) is 37.7 Å². The summed E-state index contributed by atoms with van der Waals surface area (Å²) >= 11 is 0. The van der Waals surface area contributed by atoms with Crippen LogP contribution in [0.1, 0.15) is 0 Å². The molecule has 0 aromatic carbocycles. The normalized spacial score (nSPS) is 9.39. The van der Waals surface area contributed by atoms with E-state index in [0.29, 0.717) is 0 Å². The van der Waals surface area contributed by atoms with Crippen LogP contribution < -0.4 is 0 Å². The van der Waals surface area contributed by atoms with E-state index in [4.69, 9.17) is 9.66 Å². The highest BCUT2D eigenvalue weighted by molar-refractivity contribution is 7.86. The van der Waals surface area contributed by atoms with Crippen molar-refractivity contribution in [2.75, 3.05) is 5.75 Å². The number of aliphatic carboxylic acids is 1. The molecular weight excluding hydrogens is 268 g/mol. The molecule has 0 fully saturated rings. The maximum Gasteiger partial charge on any atom is 0.321 e. The van der Waals surface area contributed by atoms with Crippen LogP contribution in [0.25, 0.3) is 0 Å². The molecule has 0 amide bonds. The van der Waals surface area contributed by atoms with E-state index in [0.717, 1.165) is 0 Å². The van der Waals surface area contributed by atoms with Crippen molar-refractivity contribution in [1.29, 1.82) is 0 Å². The second kappa shape index (κ2) is 8.90. The van der Waals surface area contributed by atoms with E-state index >= 15 is 0 Å². The van der Waals surface area contributed by atoms with E-state index in [2.05, 4.69) is 18.8 Å². The lowest BCUT2D eigenvalue weighted by Crippen LogP contribution is -2.13. The van der Waals surface area contributed by atoms with Crippen LogP contribution in [0, 0.1) is 0 Å². The maximum absolute atomic E-state index is 9.62. The molecule has 0 saturated carbocycles. The summed E-state index contributed by atoms with van der Waals surface area (Å²) in [7, 11) is -4.32. The van der Waals surface area contributed by atoms with Crippen molar-refractivity contribution in [2.24, 2.45) is 0 Å². The molecule has 0 radical (unpaired) electrons. The smallest absolute Gasteiger partial charge is 0.321 e. The molecule has 9 nitrogen and oxygen atoms in total. The Kier molecular flexibility index (Phi) is 7.81. The summed E-state index contributed by atoms with van der Waals surface area (Å²) < 4.78 is 36.0. The molecule has 2 aromatic rings. The fourth-order valence-electron chi connectivity index (χ4n) is 0.507. The minimum atomic E-state index is -4.32. The van der Waals surface area contributed by atoms with Gasteiger partial charge in [-0.25, -0.2) is 9.97 Å². The summed E-state index contributed by atoms with van der Waals surface area (Å²) in [6.45, 7) is 0. The van der Waals surface area contributed by atoms with E-state index < -0.39 is 21.8 Å². The summed E-state index contributed by atoms with van der Waals surface area (Å²) in [5, 5.41) is 7.71. The average molecular weight is 278 g/mol. The Bertz CT molecular complexity index is 431. The molecule has 0 aliphatic rings. The van der Waals surface area contributed by atoms with Crippen LogP contribution >= 0.6 is 0 Å². The number of carboxylic acids is 1. The summed E-state index contributed by atoms with van der Waals surface area (Å²) in [6.07, 6.45) is 8.94. The van der Waals surface area contributed by atoms with Gasteiger partial charge in [-0.05, 0) is 0 Å². The molecule has 0 aliphatic heterocycles. The average Bonchev–Trinajstić information content (AvgIpc) is 2.94. The zero-order valence-electron chi connectivity index (χ0n) is 8.91. The van der Waals surface area contributed by atoms with Gasteiger partial charge < -0.3 is 13.9 Å². The van der Waals surface area contributed by atoms with Crippen LogP contribution in [0.2, 0.25) is 0 Å². The summed E-state index contributed by atoms with van der Waals surface area (Å²) in [4.78, 5) is 16.6. The lowest BCUT2D eigenvalue weighted by atomic mass is 10.8. The number of hydrogen-bond acceptors (Lipinski definition) is 7. The predicted octanol–water partition coefficient (Wildman–Crippen LogP) is 0.308.